The third-order valence-corrected chi connectivity index (χ3v) is 3.36. The van der Waals surface area contributed by atoms with Crippen LogP contribution in [0.5, 0.6) is 0 Å². The van der Waals surface area contributed by atoms with Gasteiger partial charge in [-0.05, 0) is 30.7 Å². The molecule has 1 aromatic carbocycles. The van der Waals surface area contributed by atoms with Crippen molar-refractivity contribution in [1.82, 2.24) is 10.2 Å². The zero-order chi connectivity index (χ0) is 15.6. The van der Waals surface area contributed by atoms with Crippen molar-refractivity contribution in [1.29, 1.82) is 0 Å². The van der Waals surface area contributed by atoms with Gasteiger partial charge in [-0.25, -0.2) is 4.39 Å². The minimum Gasteiger partial charge on any atom is -0.481 e. The van der Waals surface area contributed by atoms with Gasteiger partial charge in [-0.15, -0.1) is 0 Å². The minimum absolute atomic E-state index is 0.221. The number of rotatable bonds is 3. The molecule has 2 N–H and O–H groups in total. The van der Waals surface area contributed by atoms with E-state index in [9.17, 15) is 18.8 Å². The van der Waals surface area contributed by atoms with Crippen LogP contribution in [0.1, 0.15) is 22.3 Å². The second kappa shape index (κ2) is 5.90. The summed E-state index contributed by atoms with van der Waals surface area (Å²) >= 11 is 0. The van der Waals surface area contributed by atoms with Crippen LogP contribution in [-0.4, -0.2) is 46.9 Å². The summed E-state index contributed by atoms with van der Waals surface area (Å²) in [6.07, 6.45) is -0.461. The van der Waals surface area contributed by atoms with Crippen LogP contribution >= 0.6 is 0 Å². The summed E-state index contributed by atoms with van der Waals surface area (Å²) in [7, 11) is 0. The van der Waals surface area contributed by atoms with E-state index in [1.165, 1.54) is 30.0 Å². The first kappa shape index (κ1) is 15.0. The molecule has 0 radical (unpaired) electrons. The summed E-state index contributed by atoms with van der Waals surface area (Å²) < 4.78 is 13.2. The van der Waals surface area contributed by atoms with E-state index in [0.29, 0.717) is 5.56 Å². The highest BCUT2D eigenvalue weighted by Crippen LogP contribution is 2.16. The lowest BCUT2D eigenvalue weighted by Crippen LogP contribution is -2.57. The second-order valence-electron chi connectivity index (χ2n) is 4.87. The molecule has 0 saturated carbocycles. The SMILES string of the molecule is Cc1cc(C(=O)N2CCNC(=O)C2CC(=O)O)ccc1F. The van der Waals surface area contributed by atoms with Crippen molar-refractivity contribution in [2.24, 2.45) is 0 Å². The number of nitrogens with one attached hydrogen (secondary N) is 1. The molecule has 0 spiro atoms. The van der Waals surface area contributed by atoms with Crippen LogP contribution in [0.15, 0.2) is 18.2 Å². The molecular formula is C14H15FN2O4. The molecule has 0 aromatic heterocycles. The van der Waals surface area contributed by atoms with Crippen molar-refractivity contribution in [2.75, 3.05) is 13.1 Å². The first-order valence-electron chi connectivity index (χ1n) is 6.47. The van der Waals surface area contributed by atoms with Crippen molar-refractivity contribution < 1.29 is 23.9 Å². The van der Waals surface area contributed by atoms with Crippen LogP contribution in [0.2, 0.25) is 0 Å². The average Bonchev–Trinajstić information content (AvgIpc) is 2.43. The largest absolute Gasteiger partial charge is 0.481 e. The van der Waals surface area contributed by atoms with Crippen molar-refractivity contribution >= 4 is 17.8 Å². The van der Waals surface area contributed by atoms with Gasteiger partial charge >= 0.3 is 5.97 Å². The van der Waals surface area contributed by atoms with Gasteiger partial charge in [0.25, 0.3) is 5.91 Å². The van der Waals surface area contributed by atoms with Gasteiger partial charge in [0.15, 0.2) is 0 Å². The number of amides is 2. The summed E-state index contributed by atoms with van der Waals surface area (Å²) in [5, 5.41) is 11.4. The van der Waals surface area contributed by atoms with E-state index >= 15 is 0 Å². The van der Waals surface area contributed by atoms with Gasteiger partial charge in [-0.3, -0.25) is 14.4 Å². The van der Waals surface area contributed by atoms with Crippen molar-refractivity contribution in [2.45, 2.75) is 19.4 Å². The first-order chi connectivity index (χ1) is 9.90. The lowest BCUT2D eigenvalue weighted by molar-refractivity contribution is -0.142. The summed E-state index contributed by atoms with van der Waals surface area (Å²) in [5.74, 6) is -2.55. The molecule has 2 rings (SSSR count). The minimum atomic E-state index is -1.16. The average molecular weight is 294 g/mol. The molecule has 0 aliphatic carbocycles. The third kappa shape index (κ3) is 3.18. The standard InChI is InChI=1S/C14H15FN2O4/c1-8-6-9(2-3-10(8)15)14(21)17-5-4-16-13(20)11(17)7-12(18)19/h2-3,6,11H,4-5,7H2,1H3,(H,16,20)(H,18,19). The number of piperazine rings is 1. The lowest BCUT2D eigenvalue weighted by atomic mass is 10.1. The highest BCUT2D eigenvalue weighted by molar-refractivity contribution is 5.99. The summed E-state index contributed by atoms with van der Waals surface area (Å²) in [4.78, 5) is 36.3. The van der Waals surface area contributed by atoms with Gasteiger partial charge in [-0.1, -0.05) is 0 Å². The Morgan fingerprint density at radius 3 is 2.81 bits per heavy atom. The van der Waals surface area contributed by atoms with Crippen LogP contribution in [0.3, 0.4) is 0 Å². The van der Waals surface area contributed by atoms with Gasteiger partial charge in [0, 0.05) is 18.7 Å². The van der Waals surface area contributed by atoms with E-state index in [1.54, 1.807) is 0 Å². The number of aliphatic carboxylic acids is 1. The number of carboxylic acids is 1. The summed E-state index contributed by atoms with van der Waals surface area (Å²) in [6, 6.07) is 2.85. The molecule has 1 aliphatic rings. The smallest absolute Gasteiger partial charge is 0.305 e. The normalized spacial score (nSPS) is 18.3. The quantitative estimate of drug-likeness (QED) is 0.852. The molecule has 0 bridgehead atoms. The van der Waals surface area contributed by atoms with E-state index in [0.717, 1.165) is 0 Å². The van der Waals surface area contributed by atoms with E-state index in [-0.39, 0.29) is 18.7 Å². The highest BCUT2D eigenvalue weighted by atomic mass is 19.1. The molecule has 112 valence electrons. The number of carboxylic acid groups (broad SMARTS) is 1. The Balaban J connectivity index is 2.27. The Bertz CT molecular complexity index is 603. The fourth-order valence-corrected chi connectivity index (χ4v) is 2.27. The van der Waals surface area contributed by atoms with Crippen molar-refractivity contribution in [3.8, 4) is 0 Å². The fraction of sp³-hybridized carbons (Fsp3) is 0.357. The predicted molar refractivity (Wildman–Crippen MR) is 71.2 cm³/mol. The number of halogens is 1. The van der Waals surface area contributed by atoms with E-state index < -0.39 is 36.1 Å². The summed E-state index contributed by atoms with van der Waals surface area (Å²) in [6.45, 7) is 2.02. The molecule has 7 heteroatoms. The first-order valence-corrected chi connectivity index (χ1v) is 6.47. The third-order valence-electron chi connectivity index (χ3n) is 3.36. The number of hydrogen-bond acceptors (Lipinski definition) is 3. The molecular weight excluding hydrogens is 279 g/mol. The Labute approximate surface area is 120 Å². The Hall–Kier alpha value is -2.44. The van der Waals surface area contributed by atoms with Crippen LogP contribution in [0, 0.1) is 12.7 Å². The topological polar surface area (TPSA) is 86.7 Å². The Morgan fingerprint density at radius 2 is 2.19 bits per heavy atom. The molecule has 6 nitrogen and oxygen atoms in total. The molecule has 1 atom stereocenters. The van der Waals surface area contributed by atoms with Crippen LogP contribution in [0.4, 0.5) is 4.39 Å². The Kier molecular flexibility index (Phi) is 4.21. The molecule has 1 saturated heterocycles. The molecule has 1 aliphatic heterocycles. The number of hydrogen-bond donors (Lipinski definition) is 2. The van der Waals surface area contributed by atoms with Crippen molar-refractivity contribution in [3.05, 3.63) is 35.1 Å². The molecule has 2 amide bonds. The molecule has 1 fully saturated rings. The molecule has 1 unspecified atom stereocenters. The maximum atomic E-state index is 13.2. The lowest BCUT2D eigenvalue weighted by Gasteiger charge is -2.34. The van der Waals surface area contributed by atoms with Crippen molar-refractivity contribution in [3.63, 3.8) is 0 Å². The number of carbonyl (C=O) groups excluding carboxylic acids is 2. The predicted octanol–water partition coefficient (Wildman–Crippen LogP) is 0.549. The van der Waals surface area contributed by atoms with Crippen LogP contribution in [-0.2, 0) is 9.59 Å². The van der Waals surface area contributed by atoms with Gasteiger partial charge in [0.2, 0.25) is 5.91 Å². The van der Waals surface area contributed by atoms with Crippen LogP contribution in [0.25, 0.3) is 0 Å². The fourth-order valence-electron chi connectivity index (χ4n) is 2.27. The van der Waals surface area contributed by atoms with Gasteiger partial charge in [0.1, 0.15) is 11.9 Å². The van der Waals surface area contributed by atoms with Gasteiger partial charge in [-0.2, -0.15) is 0 Å². The Morgan fingerprint density at radius 1 is 1.48 bits per heavy atom. The zero-order valence-corrected chi connectivity index (χ0v) is 11.4. The van der Waals surface area contributed by atoms with E-state index in [4.69, 9.17) is 5.11 Å². The molecule has 1 aromatic rings. The van der Waals surface area contributed by atoms with E-state index in [2.05, 4.69) is 5.32 Å². The second-order valence-corrected chi connectivity index (χ2v) is 4.87. The summed E-state index contributed by atoms with van der Waals surface area (Å²) in [5.41, 5.74) is 0.552. The maximum absolute atomic E-state index is 13.2. The number of nitrogens with zero attached hydrogens (tertiary/aromatic N) is 1. The number of benzene rings is 1. The molecule has 21 heavy (non-hydrogen) atoms. The number of aryl methyl sites for hydroxylation is 1. The maximum Gasteiger partial charge on any atom is 0.305 e. The monoisotopic (exact) mass is 294 g/mol. The highest BCUT2D eigenvalue weighted by Gasteiger charge is 2.35. The molecule has 1 heterocycles. The number of carbonyl (C=O) groups is 3. The van der Waals surface area contributed by atoms with Gasteiger partial charge < -0.3 is 15.3 Å². The van der Waals surface area contributed by atoms with Gasteiger partial charge in [0.05, 0.1) is 6.42 Å². The van der Waals surface area contributed by atoms with E-state index in [1.807, 2.05) is 0 Å². The van der Waals surface area contributed by atoms with Crippen LogP contribution < -0.4 is 5.32 Å². The zero-order valence-electron chi connectivity index (χ0n) is 11.4.